The molecule has 0 unspecified atom stereocenters. The van der Waals surface area contributed by atoms with E-state index in [-0.39, 0.29) is 27.9 Å². The average Bonchev–Trinajstić information content (AvgIpc) is 2.31. The van der Waals surface area contributed by atoms with E-state index in [9.17, 15) is 0 Å². The zero-order valence-electron chi connectivity index (χ0n) is 19.5. The second-order valence-corrected chi connectivity index (χ2v) is 19.3. The number of hydrogen-bond donors (Lipinski definition) is 0. The molecule has 0 radical (unpaired) electrons. The average molecular weight is 433 g/mol. The van der Waals surface area contributed by atoms with Crippen molar-refractivity contribution in [2.45, 2.75) is 104 Å². The minimum atomic E-state index is -1.26. The molecule has 3 nitrogen and oxygen atoms in total. The Hall–Kier alpha value is 0.820. The third kappa shape index (κ3) is 18.0. The zero-order valence-corrected chi connectivity index (χ0v) is 22.5. The Kier molecular flexibility index (Phi) is 15.0. The van der Waals surface area contributed by atoms with Gasteiger partial charge in [0.25, 0.3) is 0 Å². The van der Waals surface area contributed by atoms with Crippen LogP contribution in [0.5, 0.6) is 0 Å². The molecule has 0 aliphatic carbocycles. The van der Waals surface area contributed by atoms with Crippen LogP contribution in [0.3, 0.4) is 0 Å². The van der Waals surface area contributed by atoms with Crippen LogP contribution in [0.4, 0.5) is 0 Å². The summed E-state index contributed by atoms with van der Waals surface area (Å²) in [4.78, 5) is 12.1. The number of rotatable bonds is 8. The summed E-state index contributed by atoms with van der Waals surface area (Å²) < 4.78 is 0. The fourth-order valence-electron chi connectivity index (χ4n) is 3.42. The van der Waals surface area contributed by atoms with Gasteiger partial charge in [0.15, 0.2) is 0 Å². The number of hydrogen-bond acceptors (Lipinski definition) is 1. The molecule has 6 heteroatoms. The van der Waals surface area contributed by atoms with Crippen LogP contribution in [0, 0.1) is 0 Å². The van der Waals surface area contributed by atoms with Gasteiger partial charge in [-0.05, 0) is 20.6 Å². The van der Waals surface area contributed by atoms with Crippen molar-refractivity contribution in [1.82, 2.24) is 4.90 Å². The number of likely N-dealkylation sites (N-methyl/N-ethyl adjacent to an activating group) is 1. The molecule has 0 bridgehead atoms. The smallest absolute Gasteiger partial charge is 0.659 e. The second kappa shape index (κ2) is 12.3. The van der Waals surface area contributed by atoms with Gasteiger partial charge in [0.1, 0.15) is 0 Å². The molecule has 0 saturated heterocycles. The van der Waals surface area contributed by atoms with E-state index in [0.717, 1.165) is 6.54 Å². The summed E-state index contributed by atoms with van der Waals surface area (Å²) in [6, 6.07) is 3.91. The van der Waals surface area contributed by atoms with Crippen molar-refractivity contribution in [2.24, 2.45) is 0 Å². The van der Waals surface area contributed by atoms with E-state index in [1.165, 1.54) is 18.1 Å². The first kappa shape index (κ1) is 30.5. The maximum atomic E-state index is 5.03. The molecule has 0 aromatic rings. The van der Waals surface area contributed by atoms with Crippen LogP contribution in [-0.2, 0) is 16.8 Å². The second-order valence-electron chi connectivity index (χ2n) is 9.90. The molecule has 0 atom stereocenters. The molecular weight excluding hydrogens is 385 g/mol. The fourth-order valence-corrected chi connectivity index (χ4v) is 8.70. The largest absolute Gasteiger partial charge is 3.00 e. The molecule has 0 rings (SSSR count). The first-order valence-electron chi connectivity index (χ1n) is 9.64. The Morgan fingerprint density at radius 1 is 0.760 bits per heavy atom. The maximum absolute atomic E-state index is 5.03. The van der Waals surface area contributed by atoms with Crippen LogP contribution in [0.1, 0.15) is 55.4 Å². The van der Waals surface area contributed by atoms with Crippen molar-refractivity contribution in [3.05, 3.63) is 9.96 Å². The summed E-state index contributed by atoms with van der Waals surface area (Å²) in [5.41, 5.74) is 0.294. The zero-order chi connectivity index (χ0) is 19.8. The first-order chi connectivity index (χ1) is 10.5. The normalized spacial score (nSPS) is 13.2. The quantitative estimate of drug-likeness (QED) is 0.393. The van der Waals surface area contributed by atoms with Crippen molar-refractivity contribution < 1.29 is 16.8 Å². The van der Waals surface area contributed by atoms with Gasteiger partial charge in [-0.25, -0.2) is 0 Å². The van der Waals surface area contributed by atoms with Gasteiger partial charge in [-0.2, -0.15) is 0 Å². The van der Waals surface area contributed by atoms with Crippen LogP contribution in [-0.4, -0.2) is 53.1 Å². The Balaban J connectivity index is -0.000000372. The molecular formula is C19H47CoN3Si2+. The van der Waals surface area contributed by atoms with Gasteiger partial charge >= 0.3 is 16.8 Å². The molecule has 0 aliphatic heterocycles. The monoisotopic (exact) mass is 432 g/mol. The topological polar surface area (TPSA) is 31.4 Å². The summed E-state index contributed by atoms with van der Waals surface area (Å²) in [6.45, 7) is 25.9. The van der Waals surface area contributed by atoms with Crippen molar-refractivity contribution in [3.63, 3.8) is 0 Å². The van der Waals surface area contributed by atoms with Crippen LogP contribution >= 0.6 is 0 Å². The third-order valence-corrected chi connectivity index (χ3v) is 10.3. The summed E-state index contributed by atoms with van der Waals surface area (Å²) in [5, 5.41) is 0. The van der Waals surface area contributed by atoms with Crippen LogP contribution in [0.15, 0.2) is 0 Å². The van der Waals surface area contributed by atoms with Crippen LogP contribution in [0.25, 0.3) is 9.96 Å². The van der Waals surface area contributed by atoms with Gasteiger partial charge < -0.3 is 14.9 Å². The van der Waals surface area contributed by atoms with Gasteiger partial charge in [-0.1, -0.05) is 110 Å². The standard InChI is InChI=1S/C10H24NSi.C9H23N2Si.Co/c1-7-12(8-2,9-3)11-10(4,5)6;1-9(2,8-11(3)4)10-12(5,6)7;/h7-9H2,1-6H3;8H2,1-7H3;/q2*-1;+3. The van der Waals surface area contributed by atoms with Crippen molar-refractivity contribution in [2.75, 3.05) is 20.6 Å². The molecule has 0 aromatic carbocycles. The Labute approximate surface area is 172 Å². The minimum absolute atomic E-state index is 0. The summed E-state index contributed by atoms with van der Waals surface area (Å²) in [7, 11) is 1.71. The summed E-state index contributed by atoms with van der Waals surface area (Å²) >= 11 is 0. The van der Waals surface area contributed by atoms with Crippen molar-refractivity contribution in [1.29, 1.82) is 0 Å². The molecule has 0 heterocycles. The SMILES string of the molecule is CC[Si](CC)(CC)[N-]C(C)(C)C.CN(C)CC(C)(C)[N-][Si](C)(C)C.[Co+3]. The maximum Gasteiger partial charge on any atom is 3.00 e. The van der Waals surface area contributed by atoms with Gasteiger partial charge in [0.2, 0.25) is 0 Å². The van der Waals surface area contributed by atoms with Gasteiger partial charge in [0, 0.05) is 0 Å². The molecule has 154 valence electrons. The van der Waals surface area contributed by atoms with E-state index >= 15 is 0 Å². The van der Waals surface area contributed by atoms with E-state index in [0.29, 0.717) is 0 Å². The van der Waals surface area contributed by atoms with E-state index in [1.807, 2.05) is 0 Å². The predicted octanol–water partition coefficient (Wildman–Crippen LogP) is 6.70. The number of nitrogens with zero attached hydrogens (tertiary/aromatic N) is 3. The molecule has 0 aromatic heterocycles. The van der Waals surface area contributed by atoms with Crippen molar-refractivity contribution >= 4 is 16.5 Å². The fraction of sp³-hybridized carbons (Fsp3) is 1.00. The predicted molar refractivity (Wildman–Crippen MR) is 120 cm³/mol. The molecule has 0 spiro atoms. The van der Waals surface area contributed by atoms with Gasteiger partial charge in [0.05, 0.1) is 0 Å². The molecule has 0 aliphatic rings. The third-order valence-electron chi connectivity index (χ3n) is 3.89. The Morgan fingerprint density at radius 2 is 1.12 bits per heavy atom. The van der Waals surface area contributed by atoms with Gasteiger partial charge in [-0.3, -0.25) is 0 Å². The van der Waals surface area contributed by atoms with E-state index < -0.39 is 16.5 Å². The van der Waals surface area contributed by atoms with E-state index in [1.54, 1.807) is 0 Å². The molecule has 0 N–H and O–H groups in total. The van der Waals surface area contributed by atoms with E-state index in [2.05, 4.69) is 94.0 Å². The van der Waals surface area contributed by atoms with Crippen LogP contribution < -0.4 is 0 Å². The Bertz CT molecular complexity index is 322. The summed E-state index contributed by atoms with van der Waals surface area (Å²) in [5.74, 6) is 0. The minimum Gasteiger partial charge on any atom is -0.659 e. The Morgan fingerprint density at radius 3 is 1.28 bits per heavy atom. The van der Waals surface area contributed by atoms with Crippen molar-refractivity contribution in [3.8, 4) is 0 Å². The first-order valence-corrected chi connectivity index (χ1v) is 15.7. The molecule has 0 amide bonds. The molecule has 25 heavy (non-hydrogen) atoms. The van der Waals surface area contributed by atoms with Gasteiger partial charge in [-0.15, -0.1) is 11.1 Å². The molecule has 0 saturated carbocycles. The van der Waals surface area contributed by atoms with E-state index in [4.69, 9.17) is 9.96 Å². The van der Waals surface area contributed by atoms with Crippen LogP contribution in [0.2, 0.25) is 37.8 Å². The summed E-state index contributed by atoms with van der Waals surface area (Å²) in [6.07, 6.45) is 0. The molecule has 0 fully saturated rings.